The minimum absolute atomic E-state index is 0.104. The molecule has 0 amide bonds. The Bertz CT molecular complexity index is 416. The van der Waals surface area contributed by atoms with E-state index in [0.29, 0.717) is 0 Å². The summed E-state index contributed by atoms with van der Waals surface area (Å²) in [6.07, 6.45) is 2.63. The summed E-state index contributed by atoms with van der Waals surface area (Å²) < 4.78 is 13.8. The normalized spacial score (nSPS) is 29.4. The topological polar surface area (TPSA) is 15.3 Å². The maximum Gasteiger partial charge on any atom is 0.146 e. The smallest absolute Gasteiger partial charge is 0.146 e. The van der Waals surface area contributed by atoms with Crippen LogP contribution in [-0.4, -0.2) is 25.2 Å². The first-order valence-electron chi connectivity index (χ1n) is 6.43. The predicted octanol–water partition coefficient (Wildman–Crippen LogP) is 2.40. The second kappa shape index (κ2) is 3.98. The summed E-state index contributed by atoms with van der Waals surface area (Å²) in [5, 5.41) is 3.61. The summed E-state index contributed by atoms with van der Waals surface area (Å²) in [5.74, 6) is 0.671. The van der Waals surface area contributed by atoms with Crippen molar-refractivity contribution in [1.82, 2.24) is 5.32 Å². The van der Waals surface area contributed by atoms with Crippen molar-refractivity contribution in [2.45, 2.75) is 25.3 Å². The zero-order valence-electron chi connectivity index (χ0n) is 10.2. The molecule has 3 rings (SSSR count). The molecule has 0 aromatic heterocycles. The van der Waals surface area contributed by atoms with Crippen molar-refractivity contribution in [3.63, 3.8) is 0 Å². The van der Waals surface area contributed by atoms with Crippen molar-refractivity contribution in [1.29, 1.82) is 0 Å². The van der Waals surface area contributed by atoms with E-state index < -0.39 is 0 Å². The molecule has 0 radical (unpaired) electrons. The summed E-state index contributed by atoms with van der Waals surface area (Å²) in [6.45, 7) is 5.03. The number of hydrogen-bond donors (Lipinski definition) is 1. The number of benzene rings is 1. The molecular formula is C14H19FN2. The first kappa shape index (κ1) is 11.0. The molecule has 1 N–H and O–H groups in total. The molecule has 2 nitrogen and oxygen atoms in total. The molecule has 1 atom stereocenters. The summed E-state index contributed by atoms with van der Waals surface area (Å²) in [4.78, 5) is 2.18. The van der Waals surface area contributed by atoms with Gasteiger partial charge in [-0.15, -0.1) is 0 Å². The maximum absolute atomic E-state index is 13.8. The Morgan fingerprint density at radius 2 is 2.12 bits per heavy atom. The van der Waals surface area contributed by atoms with Crippen LogP contribution in [-0.2, 0) is 0 Å². The van der Waals surface area contributed by atoms with Crippen LogP contribution in [0, 0.1) is 11.7 Å². The predicted molar refractivity (Wildman–Crippen MR) is 67.7 cm³/mol. The Balaban J connectivity index is 1.82. The minimum atomic E-state index is -0.104. The Kier molecular flexibility index (Phi) is 2.58. The Hall–Kier alpha value is -1.09. The second-order valence-electron chi connectivity index (χ2n) is 5.49. The van der Waals surface area contributed by atoms with E-state index in [4.69, 9.17) is 0 Å². The van der Waals surface area contributed by atoms with Crippen molar-refractivity contribution in [2.24, 2.45) is 5.92 Å². The van der Waals surface area contributed by atoms with E-state index >= 15 is 0 Å². The fourth-order valence-electron chi connectivity index (χ4n) is 2.92. The molecule has 2 aliphatic rings. The third-order valence-electron chi connectivity index (χ3n) is 4.10. The van der Waals surface area contributed by atoms with Crippen LogP contribution in [0.4, 0.5) is 10.1 Å². The van der Waals surface area contributed by atoms with Gasteiger partial charge in [0.25, 0.3) is 0 Å². The van der Waals surface area contributed by atoms with Crippen molar-refractivity contribution in [3.05, 3.63) is 30.1 Å². The van der Waals surface area contributed by atoms with E-state index in [1.54, 1.807) is 12.1 Å². The summed E-state index contributed by atoms with van der Waals surface area (Å²) in [7, 11) is 0. The molecule has 1 saturated heterocycles. The van der Waals surface area contributed by atoms with Crippen molar-refractivity contribution >= 4 is 5.69 Å². The highest BCUT2D eigenvalue weighted by Crippen LogP contribution is 2.41. The third kappa shape index (κ3) is 2.04. The van der Waals surface area contributed by atoms with Crippen LogP contribution < -0.4 is 10.2 Å². The van der Waals surface area contributed by atoms with Gasteiger partial charge in [0.2, 0.25) is 0 Å². The lowest BCUT2D eigenvalue weighted by atomic mass is 9.92. The molecule has 1 heterocycles. The van der Waals surface area contributed by atoms with E-state index in [9.17, 15) is 4.39 Å². The van der Waals surface area contributed by atoms with Gasteiger partial charge in [-0.05, 0) is 37.8 Å². The van der Waals surface area contributed by atoms with Gasteiger partial charge in [0, 0.05) is 25.2 Å². The van der Waals surface area contributed by atoms with E-state index in [1.807, 2.05) is 12.1 Å². The molecule has 17 heavy (non-hydrogen) atoms. The second-order valence-corrected chi connectivity index (χ2v) is 5.49. The summed E-state index contributed by atoms with van der Waals surface area (Å²) in [5.41, 5.74) is 0.918. The number of nitrogens with one attached hydrogen (secondary N) is 1. The number of halogens is 1. The highest BCUT2D eigenvalue weighted by atomic mass is 19.1. The van der Waals surface area contributed by atoms with Crippen LogP contribution in [0.15, 0.2) is 24.3 Å². The average Bonchev–Trinajstić information content (AvgIpc) is 3.14. The molecule has 1 aromatic carbocycles. The van der Waals surface area contributed by atoms with Crippen molar-refractivity contribution < 1.29 is 4.39 Å². The molecule has 1 aromatic rings. The SMILES string of the molecule is CC1(C2CC2)CN(c2ccccc2F)CCN1. The molecule has 2 fully saturated rings. The first-order valence-corrected chi connectivity index (χ1v) is 6.43. The number of para-hydroxylation sites is 1. The van der Waals surface area contributed by atoms with E-state index in [0.717, 1.165) is 31.2 Å². The van der Waals surface area contributed by atoms with Gasteiger partial charge in [-0.2, -0.15) is 0 Å². The lowest BCUT2D eigenvalue weighted by Gasteiger charge is -2.43. The standard InChI is InChI=1S/C14H19FN2/c1-14(11-6-7-11)10-17(9-8-16-14)13-5-3-2-4-12(13)15/h2-5,11,16H,6-10H2,1H3. The summed E-state index contributed by atoms with van der Waals surface area (Å²) in [6, 6.07) is 7.09. The van der Waals surface area contributed by atoms with Gasteiger partial charge in [0.1, 0.15) is 5.82 Å². The zero-order valence-corrected chi connectivity index (χ0v) is 10.2. The largest absolute Gasteiger partial charge is 0.366 e. The number of nitrogens with zero attached hydrogens (tertiary/aromatic N) is 1. The van der Waals surface area contributed by atoms with Gasteiger partial charge in [0.05, 0.1) is 5.69 Å². The zero-order chi connectivity index (χ0) is 11.9. The van der Waals surface area contributed by atoms with Gasteiger partial charge in [-0.1, -0.05) is 12.1 Å². The quantitative estimate of drug-likeness (QED) is 0.845. The van der Waals surface area contributed by atoms with Crippen LogP contribution in [0.25, 0.3) is 0 Å². The Labute approximate surface area is 102 Å². The van der Waals surface area contributed by atoms with Crippen molar-refractivity contribution in [2.75, 3.05) is 24.5 Å². The van der Waals surface area contributed by atoms with Gasteiger partial charge in [-0.25, -0.2) is 4.39 Å². The number of hydrogen-bond acceptors (Lipinski definition) is 2. The lowest BCUT2D eigenvalue weighted by molar-refractivity contribution is 0.284. The number of rotatable bonds is 2. The summed E-state index contributed by atoms with van der Waals surface area (Å²) >= 11 is 0. The average molecular weight is 234 g/mol. The Morgan fingerprint density at radius 3 is 2.82 bits per heavy atom. The van der Waals surface area contributed by atoms with E-state index in [2.05, 4.69) is 17.1 Å². The van der Waals surface area contributed by atoms with Crippen LogP contribution in [0.2, 0.25) is 0 Å². The minimum Gasteiger partial charge on any atom is -0.366 e. The van der Waals surface area contributed by atoms with Crippen LogP contribution in [0.1, 0.15) is 19.8 Å². The number of anilines is 1. The fourth-order valence-corrected chi connectivity index (χ4v) is 2.92. The molecule has 1 saturated carbocycles. The maximum atomic E-state index is 13.8. The van der Waals surface area contributed by atoms with Gasteiger partial charge < -0.3 is 10.2 Å². The van der Waals surface area contributed by atoms with Gasteiger partial charge in [-0.3, -0.25) is 0 Å². The third-order valence-corrected chi connectivity index (χ3v) is 4.10. The fraction of sp³-hybridized carbons (Fsp3) is 0.571. The van der Waals surface area contributed by atoms with Crippen LogP contribution in [0.5, 0.6) is 0 Å². The highest BCUT2D eigenvalue weighted by Gasteiger charge is 2.44. The monoisotopic (exact) mass is 234 g/mol. The van der Waals surface area contributed by atoms with Crippen LogP contribution in [0.3, 0.4) is 0 Å². The molecule has 1 aliphatic carbocycles. The van der Waals surface area contributed by atoms with Crippen molar-refractivity contribution in [3.8, 4) is 0 Å². The first-order chi connectivity index (χ1) is 8.19. The molecule has 1 unspecified atom stereocenters. The Morgan fingerprint density at radius 1 is 1.35 bits per heavy atom. The van der Waals surface area contributed by atoms with E-state index in [1.165, 1.54) is 12.8 Å². The molecule has 0 spiro atoms. The van der Waals surface area contributed by atoms with Gasteiger partial charge in [0.15, 0.2) is 0 Å². The lowest BCUT2D eigenvalue weighted by Crippen LogP contribution is -2.60. The molecule has 1 aliphatic heterocycles. The molecular weight excluding hydrogens is 215 g/mol. The van der Waals surface area contributed by atoms with E-state index in [-0.39, 0.29) is 11.4 Å². The number of piperazine rings is 1. The molecule has 3 heteroatoms. The molecule has 0 bridgehead atoms. The van der Waals surface area contributed by atoms with Crippen LogP contribution >= 0.6 is 0 Å². The molecule has 92 valence electrons. The highest BCUT2D eigenvalue weighted by molar-refractivity contribution is 5.48. The van der Waals surface area contributed by atoms with Gasteiger partial charge >= 0.3 is 0 Å².